The van der Waals surface area contributed by atoms with Gasteiger partial charge in [0.15, 0.2) is 0 Å². The normalized spacial score (nSPS) is 13.8. The van der Waals surface area contributed by atoms with Crippen molar-refractivity contribution >= 4 is 0 Å². The Balaban J connectivity index is 1.50. The average Bonchev–Trinajstić information content (AvgIpc) is 3.61. The summed E-state index contributed by atoms with van der Waals surface area (Å²) in [7, 11) is 1.60. The van der Waals surface area contributed by atoms with Gasteiger partial charge in [-0.25, -0.2) is 0 Å². The Hall–Kier alpha value is -3.52. The number of pyridine rings is 2. The minimum absolute atomic E-state index is 0.0946. The van der Waals surface area contributed by atoms with Gasteiger partial charge in [0.05, 0.1) is 13.2 Å². The summed E-state index contributed by atoms with van der Waals surface area (Å²) >= 11 is 0. The van der Waals surface area contributed by atoms with Gasteiger partial charge in [-0.1, -0.05) is 24.0 Å². The standard InChI is InChI=1S/C26H26N2O3/c1-18-15-23(31-17-24-25(30-3)5-4-14-27-24)16-26(29)28(18)19(2)22-12-10-21(11-13-22)9-8-20-6-7-20/h4-5,10-16,19-20H,6-7,17H2,1-3H3/t19-/m1/s1. The Morgan fingerprint density at radius 2 is 1.97 bits per heavy atom. The number of ether oxygens (including phenoxy) is 2. The Morgan fingerprint density at radius 1 is 1.19 bits per heavy atom. The molecule has 1 aliphatic rings. The Bertz CT molecular complexity index is 1180. The van der Waals surface area contributed by atoms with E-state index in [1.54, 1.807) is 23.9 Å². The molecule has 158 valence electrons. The van der Waals surface area contributed by atoms with Gasteiger partial charge in [0.2, 0.25) is 0 Å². The van der Waals surface area contributed by atoms with Crippen molar-refractivity contribution in [2.75, 3.05) is 7.11 Å². The highest BCUT2D eigenvalue weighted by atomic mass is 16.5. The van der Waals surface area contributed by atoms with Crippen LogP contribution in [0.4, 0.5) is 0 Å². The smallest absolute Gasteiger partial charge is 0.254 e. The second-order valence-corrected chi connectivity index (χ2v) is 7.82. The molecule has 0 N–H and O–H groups in total. The molecule has 0 bridgehead atoms. The summed E-state index contributed by atoms with van der Waals surface area (Å²) in [5, 5.41) is 0. The lowest BCUT2D eigenvalue weighted by molar-refractivity contribution is 0.289. The fourth-order valence-electron chi connectivity index (χ4n) is 3.54. The molecule has 0 unspecified atom stereocenters. The largest absolute Gasteiger partial charge is 0.495 e. The van der Waals surface area contributed by atoms with Crippen LogP contribution in [0.15, 0.2) is 59.5 Å². The minimum Gasteiger partial charge on any atom is -0.495 e. The van der Waals surface area contributed by atoms with Crippen LogP contribution in [-0.2, 0) is 6.61 Å². The third kappa shape index (κ3) is 4.97. The van der Waals surface area contributed by atoms with E-state index >= 15 is 0 Å². The third-order valence-electron chi connectivity index (χ3n) is 5.46. The third-order valence-corrected chi connectivity index (χ3v) is 5.46. The highest BCUT2D eigenvalue weighted by Gasteiger charge is 2.18. The van der Waals surface area contributed by atoms with Crippen LogP contribution in [0.3, 0.4) is 0 Å². The number of aryl methyl sites for hydroxylation is 1. The summed E-state index contributed by atoms with van der Waals surface area (Å²) in [6, 6.07) is 15.1. The molecule has 5 heteroatoms. The molecule has 5 nitrogen and oxygen atoms in total. The van der Waals surface area contributed by atoms with Crippen LogP contribution in [0.1, 0.15) is 48.3 Å². The van der Waals surface area contributed by atoms with Gasteiger partial charge in [-0.3, -0.25) is 9.78 Å². The van der Waals surface area contributed by atoms with E-state index in [4.69, 9.17) is 9.47 Å². The number of nitrogens with zero attached hydrogens (tertiary/aromatic N) is 2. The quantitative estimate of drug-likeness (QED) is 0.557. The van der Waals surface area contributed by atoms with Crippen LogP contribution in [0.5, 0.6) is 11.5 Å². The molecule has 2 heterocycles. The van der Waals surface area contributed by atoms with Gasteiger partial charge in [0.25, 0.3) is 5.56 Å². The maximum absolute atomic E-state index is 12.9. The summed E-state index contributed by atoms with van der Waals surface area (Å²) in [6.45, 7) is 4.17. The number of rotatable bonds is 6. The van der Waals surface area contributed by atoms with Gasteiger partial charge in [0, 0.05) is 29.4 Å². The molecule has 31 heavy (non-hydrogen) atoms. The van der Waals surface area contributed by atoms with Crippen LogP contribution in [0.2, 0.25) is 0 Å². The number of aromatic nitrogens is 2. The first kappa shape index (κ1) is 20.7. The summed E-state index contributed by atoms with van der Waals surface area (Å²) in [4.78, 5) is 17.2. The van der Waals surface area contributed by atoms with Gasteiger partial charge < -0.3 is 14.0 Å². The van der Waals surface area contributed by atoms with Gasteiger partial charge in [-0.2, -0.15) is 0 Å². The zero-order chi connectivity index (χ0) is 21.8. The molecule has 1 fully saturated rings. The first-order valence-electron chi connectivity index (χ1n) is 10.5. The van der Waals surface area contributed by atoms with Crippen LogP contribution in [-0.4, -0.2) is 16.7 Å². The van der Waals surface area contributed by atoms with Gasteiger partial charge >= 0.3 is 0 Å². The van der Waals surface area contributed by atoms with Gasteiger partial charge in [-0.15, -0.1) is 0 Å². The molecule has 0 radical (unpaired) electrons. The van der Waals surface area contributed by atoms with Crippen LogP contribution >= 0.6 is 0 Å². The SMILES string of the molecule is COc1cccnc1COc1cc(C)n([C@H](C)c2ccc(C#CC3CC3)cc2)c(=O)c1. The summed E-state index contributed by atoms with van der Waals surface area (Å²) < 4.78 is 12.9. The second-order valence-electron chi connectivity index (χ2n) is 7.82. The lowest BCUT2D eigenvalue weighted by Crippen LogP contribution is -2.25. The molecular formula is C26H26N2O3. The molecule has 0 spiro atoms. The van der Waals surface area contributed by atoms with Crippen molar-refractivity contribution in [3.8, 4) is 23.3 Å². The van der Waals surface area contributed by atoms with Crippen LogP contribution < -0.4 is 15.0 Å². The van der Waals surface area contributed by atoms with Crippen molar-refractivity contribution < 1.29 is 9.47 Å². The van der Waals surface area contributed by atoms with Crippen molar-refractivity contribution in [1.29, 1.82) is 0 Å². The first-order chi connectivity index (χ1) is 15.0. The summed E-state index contributed by atoms with van der Waals surface area (Å²) in [5.41, 5.74) is 3.49. The predicted molar refractivity (Wildman–Crippen MR) is 120 cm³/mol. The van der Waals surface area contributed by atoms with E-state index in [0.29, 0.717) is 23.1 Å². The molecule has 4 rings (SSSR count). The van der Waals surface area contributed by atoms with E-state index in [-0.39, 0.29) is 18.2 Å². The fraction of sp³-hybridized carbons (Fsp3) is 0.308. The van der Waals surface area contributed by atoms with Crippen molar-refractivity contribution in [3.05, 3.63) is 87.6 Å². The molecule has 0 saturated heterocycles. The predicted octanol–water partition coefficient (Wildman–Crippen LogP) is 4.51. The molecule has 3 aromatic rings. The monoisotopic (exact) mass is 414 g/mol. The van der Waals surface area contributed by atoms with Crippen LogP contribution in [0.25, 0.3) is 0 Å². The molecule has 1 aromatic carbocycles. The summed E-state index contributed by atoms with van der Waals surface area (Å²) in [5.74, 6) is 8.27. The lowest BCUT2D eigenvalue weighted by Gasteiger charge is -2.19. The van der Waals surface area contributed by atoms with Crippen molar-refractivity contribution in [2.24, 2.45) is 5.92 Å². The zero-order valence-electron chi connectivity index (χ0n) is 18.1. The number of hydrogen-bond acceptors (Lipinski definition) is 4. The van der Waals surface area contributed by atoms with Gasteiger partial charge in [-0.05, 0) is 62.6 Å². The summed E-state index contributed by atoms with van der Waals surface area (Å²) in [6.07, 6.45) is 4.13. The second kappa shape index (κ2) is 9.09. The Labute approximate surface area is 182 Å². The topological polar surface area (TPSA) is 53.4 Å². The number of benzene rings is 1. The fourth-order valence-corrected chi connectivity index (χ4v) is 3.54. The first-order valence-corrected chi connectivity index (χ1v) is 10.5. The molecule has 1 atom stereocenters. The minimum atomic E-state index is -0.104. The zero-order valence-corrected chi connectivity index (χ0v) is 18.1. The molecule has 0 aliphatic heterocycles. The lowest BCUT2D eigenvalue weighted by atomic mass is 10.1. The van der Waals surface area contributed by atoms with Crippen molar-refractivity contribution in [1.82, 2.24) is 9.55 Å². The van der Waals surface area contributed by atoms with E-state index in [0.717, 1.165) is 16.8 Å². The van der Waals surface area contributed by atoms with Gasteiger partial charge in [0.1, 0.15) is 23.8 Å². The highest BCUT2D eigenvalue weighted by Crippen LogP contribution is 2.27. The van der Waals surface area contributed by atoms with E-state index in [9.17, 15) is 4.79 Å². The Kier molecular flexibility index (Phi) is 6.08. The molecule has 0 amide bonds. The van der Waals surface area contributed by atoms with E-state index in [2.05, 4.69) is 16.8 Å². The number of hydrogen-bond donors (Lipinski definition) is 0. The maximum atomic E-state index is 12.9. The molecule has 2 aromatic heterocycles. The Morgan fingerprint density at radius 3 is 2.65 bits per heavy atom. The number of methoxy groups -OCH3 is 1. The van der Waals surface area contributed by atoms with E-state index in [1.807, 2.05) is 50.2 Å². The van der Waals surface area contributed by atoms with E-state index in [1.165, 1.54) is 18.9 Å². The van der Waals surface area contributed by atoms with E-state index < -0.39 is 0 Å². The highest BCUT2D eigenvalue weighted by molar-refractivity contribution is 5.38. The molecule has 1 aliphatic carbocycles. The average molecular weight is 415 g/mol. The van der Waals surface area contributed by atoms with Crippen molar-refractivity contribution in [2.45, 2.75) is 39.3 Å². The van der Waals surface area contributed by atoms with Crippen molar-refractivity contribution in [3.63, 3.8) is 0 Å². The van der Waals surface area contributed by atoms with Crippen LogP contribution in [0, 0.1) is 24.7 Å². The maximum Gasteiger partial charge on any atom is 0.254 e. The molecule has 1 saturated carbocycles. The molecular weight excluding hydrogens is 388 g/mol.